The quantitative estimate of drug-likeness (QED) is 0.652. The van der Waals surface area contributed by atoms with Crippen LogP contribution in [0.25, 0.3) is 0 Å². The second kappa shape index (κ2) is 12.6. The van der Waals surface area contributed by atoms with Crippen LogP contribution in [0.1, 0.15) is 43.6 Å². The number of fused-ring (bicyclic) bond motifs is 1. The molecule has 2 aromatic rings. The molecule has 3 rings (SSSR count). The second-order valence-electron chi connectivity index (χ2n) is 9.74. The lowest BCUT2D eigenvalue weighted by atomic mass is 10.0. The van der Waals surface area contributed by atoms with Gasteiger partial charge in [0.2, 0.25) is 0 Å². The van der Waals surface area contributed by atoms with Crippen LogP contribution in [0.15, 0.2) is 36.9 Å². The lowest BCUT2D eigenvalue weighted by molar-refractivity contribution is 0.00918. The normalized spacial score (nSPS) is 21.7. The summed E-state index contributed by atoms with van der Waals surface area (Å²) in [6.07, 6.45) is 5.01. The Kier molecular flexibility index (Phi) is 9.60. The molecule has 1 aliphatic rings. The van der Waals surface area contributed by atoms with E-state index in [1.54, 1.807) is 37.3 Å². The summed E-state index contributed by atoms with van der Waals surface area (Å²) in [5, 5.41) is 5.61. The van der Waals surface area contributed by atoms with Crippen LogP contribution in [0.5, 0.6) is 5.75 Å². The maximum atomic E-state index is 13.4. The molecular formula is C26H38N6O4. The van der Waals surface area contributed by atoms with Gasteiger partial charge < -0.3 is 25.0 Å². The fourth-order valence-electron chi connectivity index (χ4n) is 4.22. The lowest BCUT2D eigenvalue weighted by Gasteiger charge is -2.36. The highest BCUT2D eigenvalue weighted by Gasteiger charge is 2.28. The monoisotopic (exact) mass is 498 g/mol. The van der Waals surface area contributed by atoms with Gasteiger partial charge in [0.15, 0.2) is 0 Å². The van der Waals surface area contributed by atoms with E-state index in [0.29, 0.717) is 36.7 Å². The predicted molar refractivity (Wildman–Crippen MR) is 138 cm³/mol. The summed E-state index contributed by atoms with van der Waals surface area (Å²) in [5.74, 6) is 0.415. The number of likely N-dealkylation sites (N-methyl/N-ethyl adjacent to an activating group) is 1. The van der Waals surface area contributed by atoms with Crippen molar-refractivity contribution >= 4 is 17.6 Å². The average molecular weight is 499 g/mol. The van der Waals surface area contributed by atoms with Crippen molar-refractivity contribution in [3.05, 3.63) is 48.0 Å². The number of carbonyl (C=O) groups excluding carboxylic acids is 2. The van der Waals surface area contributed by atoms with Crippen LogP contribution in [-0.4, -0.2) is 83.7 Å². The van der Waals surface area contributed by atoms with Gasteiger partial charge in [-0.05, 0) is 38.8 Å². The van der Waals surface area contributed by atoms with Crippen molar-refractivity contribution in [2.45, 2.75) is 52.4 Å². The molecule has 1 aromatic heterocycles. The molecule has 3 atom stereocenters. The first-order valence-electron chi connectivity index (χ1n) is 12.3. The SMILES string of the molecule is CO[C@H]1CN(C)C(=O)c2ccc(NC(=O)NC(C)C)cc2OC[C@@H](C)N(Cc2cncnc2)C[C@@H]1C. The first kappa shape index (κ1) is 27.3. The van der Waals surface area contributed by atoms with Crippen LogP contribution < -0.4 is 15.4 Å². The Balaban J connectivity index is 1.91. The van der Waals surface area contributed by atoms with Gasteiger partial charge in [-0.1, -0.05) is 6.92 Å². The lowest BCUT2D eigenvalue weighted by Crippen LogP contribution is -2.46. The number of aromatic nitrogens is 2. The molecule has 0 radical (unpaired) electrons. The van der Waals surface area contributed by atoms with Gasteiger partial charge in [0, 0.05) is 75.6 Å². The molecule has 2 N–H and O–H groups in total. The number of benzene rings is 1. The molecule has 196 valence electrons. The highest BCUT2D eigenvalue weighted by molar-refractivity contribution is 5.98. The van der Waals surface area contributed by atoms with Crippen molar-refractivity contribution in [3.8, 4) is 5.75 Å². The molecule has 0 spiro atoms. The van der Waals surface area contributed by atoms with Gasteiger partial charge in [0.1, 0.15) is 18.7 Å². The molecule has 3 amide bonds. The molecular weight excluding hydrogens is 460 g/mol. The highest BCUT2D eigenvalue weighted by atomic mass is 16.5. The number of nitrogens with zero attached hydrogens (tertiary/aromatic N) is 4. The topological polar surface area (TPSA) is 109 Å². The van der Waals surface area contributed by atoms with E-state index >= 15 is 0 Å². The highest BCUT2D eigenvalue weighted by Crippen LogP contribution is 2.27. The van der Waals surface area contributed by atoms with Gasteiger partial charge in [-0.25, -0.2) is 14.8 Å². The summed E-state index contributed by atoms with van der Waals surface area (Å²) in [5.41, 5.74) is 1.99. The number of rotatable bonds is 5. The number of anilines is 1. The Morgan fingerprint density at radius 3 is 2.61 bits per heavy atom. The number of amides is 3. The standard InChI is InChI=1S/C26H38N6O4/c1-17(2)29-26(34)30-21-7-8-22-23(9-21)36-15-19(4)32(13-20-10-27-16-28-11-20)12-18(3)24(35-6)14-31(5)25(22)33/h7-11,16-19,24H,12-15H2,1-6H3,(H2,29,30,34)/t18-,19+,24-/m0/s1. The first-order chi connectivity index (χ1) is 17.2. The average Bonchev–Trinajstić information content (AvgIpc) is 2.84. The van der Waals surface area contributed by atoms with Crippen molar-refractivity contribution in [1.82, 2.24) is 25.1 Å². The van der Waals surface area contributed by atoms with E-state index in [-0.39, 0.29) is 36.0 Å². The van der Waals surface area contributed by atoms with E-state index in [4.69, 9.17) is 9.47 Å². The zero-order valence-electron chi connectivity index (χ0n) is 22.0. The molecule has 0 saturated heterocycles. The summed E-state index contributed by atoms with van der Waals surface area (Å²) in [6, 6.07) is 4.81. The fourth-order valence-corrected chi connectivity index (χ4v) is 4.22. The van der Waals surface area contributed by atoms with Crippen LogP contribution in [0.2, 0.25) is 0 Å². The Morgan fingerprint density at radius 1 is 1.22 bits per heavy atom. The van der Waals surface area contributed by atoms with Crippen molar-refractivity contribution in [1.29, 1.82) is 0 Å². The van der Waals surface area contributed by atoms with Crippen molar-refractivity contribution in [3.63, 3.8) is 0 Å². The number of ether oxygens (including phenoxy) is 2. The predicted octanol–water partition coefficient (Wildman–Crippen LogP) is 3.01. The summed E-state index contributed by atoms with van der Waals surface area (Å²) >= 11 is 0. The van der Waals surface area contributed by atoms with Gasteiger partial charge in [-0.3, -0.25) is 9.69 Å². The zero-order valence-corrected chi connectivity index (χ0v) is 22.0. The second-order valence-corrected chi connectivity index (χ2v) is 9.74. The Morgan fingerprint density at radius 2 is 1.94 bits per heavy atom. The summed E-state index contributed by atoms with van der Waals surface area (Å²) < 4.78 is 12.0. The zero-order chi connectivity index (χ0) is 26.2. The van der Waals surface area contributed by atoms with E-state index in [2.05, 4.69) is 39.3 Å². The molecule has 10 heteroatoms. The van der Waals surface area contributed by atoms with Crippen LogP contribution in [0, 0.1) is 5.92 Å². The smallest absolute Gasteiger partial charge is 0.319 e. The maximum Gasteiger partial charge on any atom is 0.319 e. The van der Waals surface area contributed by atoms with E-state index in [1.165, 1.54) is 6.33 Å². The van der Waals surface area contributed by atoms with Crippen LogP contribution in [0.3, 0.4) is 0 Å². The van der Waals surface area contributed by atoms with Gasteiger partial charge in [-0.15, -0.1) is 0 Å². The molecule has 0 aliphatic carbocycles. The van der Waals surface area contributed by atoms with E-state index in [0.717, 1.165) is 12.1 Å². The Hall–Kier alpha value is -3.24. The minimum atomic E-state index is -0.317. The van der Waals surface area contributed by atoms with E-state index in [1.807, 2.05) is 26.2 Å². The molecule has 0 fully saturated rings. The third kappa shape index (κ3) is 7.38. The van der Waals surface area contributed by atoms with Crippen molar-refractivity contribution in [2.24, 2.45) is 5.92 Å². The van der Waals surface area contributed by atoms with Gasteiger partial charge in [0.25, 0.3) is 5.91 Å². The molecule has 0 saturated carbocycles. The molecule has 0 bridgehead atoms. The van der Waals surface area contributed by atoms with Crippen molar-refractivity contribution < 1.29 is 19.1 Å². The Labute approximate surface area is 213 Å². The molecule has 36 heavy (non-hydrogen) atoms. The first-order valence-corrected chi connectivity index (χ1v) is 12.3. The molecule has 10 nitrogen and oxygen atoms in total. The molecule has 2 heterocycles. The minimum Gasteiger partial charge on any atom is -0.491 e. The number of urea groups is 1. The summed E-state index contributed by atoms with van der Waals surface area (Å²) in [4.78, 5) is 37.8. The molecule has 0 unspecified atom stereocenters. The summed E-state index contributed by atoms with van der Waals surface area (Å²) in [7, 11) is 3.45. The largest absolute Gasteiger partial charge is 0.491 e. The fraction of sp³-hybridized carbons (Fsp3) is 0.538. The van der Waals surface area contributed by atoms with Crippen molar-refractivity contribution in [2.75, 3.05) is 39.2 Å². The molecule has 1 aromatic carbocycles. The van der Waals surface area contributed by atoms with E-state index in [9.17, 15) is 9.59 Å². The summed E-state index contributed by atoms with van der Waals surface area (Å²) in [6.45, 7) is 10.2. The number of hydrogen-bond acceptors (Lipinski definition) is 7. The van der Waals surface area contributed by atoms with Crippen LogP contribution in [0.4, 0.5) is 10.5 Å². The number of nitrogens with one attached hydrogen (secondary N) is 2. The van der Waals surface area contributed by atoms with Gasteiger partial charge in [-0.2, -0.15) is 0 Å². The van der Waals surface area contributed by atoms with Crippen LogP contribution >= 0.6 is 0 Å². The van der Waals surface area contributed by atoms with Crippen LogP contribution in [-0.2, 0) is 11.3 Å². The third-order valence-corrected chi connectivity index (χ3v) is 6.25. The number of methoxy groups -OCH3 is 1. The Bertz CT molecular complexity index is 1020. The van der Waals surface area contributed by atoms with Gasteiger partial charge >= 0.3 is 6.03 Å². The maximum absolute atomic E-state index is 13.4. The molecule has 1 aliphatic heterocycles. The van der Waals surface area contributed by atoms with Gasteiger partial charge in [0.05, 0.1) is 11.7 Å². The number of carbonyl (C=O) groups is 2. The van der Waals surface area contributed by atoms with E-state index < -0.39 is 0 Å². The third-order valence-electron chi connectivity index (χ3n) is 6.25. The minimum absolute atomic E-state index is 0.00117. The number of hydrogen-bond donors (Lipinski definition) is 2.